The predicted molar refractivity (Wildman–Crippen MR) is 115 cm³/mol. The number of aliphatic hydroxyl groups is 1. The molecule has 0 amide bonds. The topological polar surface area (TPSA) is 73.3 Å². The molecule has 1 saturated heterocycles. The number of hydrogen-bond acceptors (Lipinski definition) is 7. The van der Waals surface area contributed by atoms with Crippen molar-refractivity contribution in [1.82, 2.24) is 9.88 Å². The van der Waals surface area contributed by atoms with Gasteiger partial charge in [0.25, 0.3) is 0 Å². The third kappa shape index (κ3) is 3.92. The first-order valence-corrected chi connectivity index (χ1v) is 11.0. The van der Waals surface area contributed by atoms with Gasteiger partial charge in [0.15, 0.2) is 11.5 Å². The maximum absolute atomic E-state index is 10.8. The van der Waals surface area contributed by atoms with Crippen LogP contribution in [0.25, 0.3) is 0 Å². The van der Waals surface area contributed by atoms with Gasteiger partial charge in [-0.2, -0.15) is 0 Å². The standard InChI is InChI=1S/C24H30N2O5/c1-14-9-25-19(15(2)24(14)28-3)12-26-10-16-6-20(27)22(7-17(16)11-26)31-18-4-5-21-23(8-18)30-13-29-21/h4-5,8-9,16-17,20,22,27H,6-7,10-13H2,1-3H3/t16-,17+,20+,22+/m0/s1. The molecule has 7 nitrogen and oxygen atoms in total. The van der Waals surface area contributed by atoms with Crippen LogP contribution in [-0.4, -0.2) is 54.2 Å². The van der Waals surface area contributed by atoms with Crippen molar-refractivity contribution in [2.75, 3.05) is 27.0 Å². The number of likely N-dealkylation sites (tertiary alicyclic amines) is 1. The van der Waals surface area contributed by atoms with E-state index in [1.807, 2.05) is 31.3 Å². The van der Waals surface area contributed by atoms with E-state index in [0.29, 0.717) is 23.3 Å². The van der Waals surface area contributed by atoms with E-state index in [4.69, 9.17) is 18.9 Å². The molecule has 1 aromatic carbocycles. The summed E-state index contributed by atoms with van der Waals surface area (Å²) in [5.74, 6) is 4.07. The second-order valence-electron chi connectivity index (χ2n) is 8.97. The Labute approximate surface area is 182 Å². The Morgan fingerprint density at radius 3 is 2.71 bits per heavy atom. The third-order valence-corrected chi connectivity index (χ3v) is 6.92. The molecule has 2 fully saturated rings. The lowest BCUT2D eigenvalue weighted by atomic mass is 9.78. The van der Waals surface area contributed by atoms with Gasteiger partial charge in [-0.25, -0.2) is 0 Å². The van der Waals surface area contributed by atoms with Gasteiger partial charge >= 0.3 is 0 Å². The molecule has 1 aliphatic carbocycles. The van der Waals surface area contributed by atoms with Gasteiger partial charge in [-0.1, -0.05) is 0 Å². The second kappa shape index (κ2) is 8.20. The second-order valence-corrected chi connectivity index (χ2v) is 8.97. The van der Waals surface area contributed by atoms with Crippen molar-refractivity contribution in [2.24, 2.45) is 11.8 Å². The van der Waals surface area contributed by atoms with Crippen LogP contribution in [-0.2, 0) is 6.54 Å². The Bertz CT molecular complexity index is 965. The van der Waals surface area contributed by atoms with E-state index >= 15 is 0 Å². The molecule has 5 rings (SSSR count). The van der Waals surface area contributed by atoms with Crippen LogP contribution in [0.1, 0.15) is 29.7 Å². The number of benzene rings is 1. The minimum atomic E-state index is -0.467. The Hall–Kier alpha value is -2.51. The third-order valence-electron chi connectivity index (χ3n) is 6.92. The van der Waals surface area contributed by atoms with Crippen LogP contribution in [0.15, 0.2) is 24.4 Å². The fraction of sp³-hybridized carbons (Fsp3) is 0.542. The number of fused-ring (bicyclic) bond motifs is 2. The van der Waals surface area contributed by atoms with Crippen molar-refractivity contribution in [3.05, 3.63) is 41.2 Å². The van der Waals surface area contributed by atoms with E-state index in [0.717, 1.165) is 60.8 Å². The molecule has 2 aromatic rings. The van der Waals surface area contributed by atoms with E-state index in [9.17, 15) is 5.11 Å². The molecular weight excluding hydrogens is 396 g/mol. The highest BCUT2D eigenvalue weighted by Gasteiger charge is 2.42. The summed E-state index contributed by atoms with van der Waals surface area (Å²) in [6.07, 6.45) is 2.83. The minimum absolute atomic E-state index is 0.207. The lowest BCUT2D eigenvalue weighted by molar-refractivity contribution is -0.0232. The van der Waals surface area contributed by atoms with Crippen molar-refractivity contribution in [3.8, 4) is 23.0 Å². The number of pyridine rings is 1. The predicted octanol–water partition coefficient (Wildman–Crippen LogP) is 3.09. The van der Waals surface area contributed by atoms with Crippen molar-refractivity contribution in [1.29, 1.82) is 0 Å². The molecule has 0 spiro atoms. The van der Waals surface area contributed by atoms with Gasteiger partial charge in [-0.15, -0.1) is 0 Å². The molecule has 4 atom stereocenters. The molecule has 0 radical (unpaired) electrons. The van der Waals surface area contributed by atoms with Gasteiger partial charge in [0, 0.05) is 43.0 Å². The summed E-state index contributed by atoms with van der Waals surface area (Å²) in [6, 6.07) is 5.59. The fourth-order valence-corrected chi connectivity index (χ4v) is 5.31. The first-order chi connectivity index (χ1) is 15.0. The van der Waals surface area contributed by atoms with Crippen molar-refractivity contribution in [2.45, 2.75) is 45.4 Å². The van der Waals surface area contributed by atoms with E-state index in [2.05, 4.69) is 16.8 Å². The quantitative estimate of drug-likeness (QED) is 0.788. The number of methoxy groups -OCH3 is 1. The van der Waals surface area contributed by atoms with E-state index in [1.54, 1.807) is 7.11 Å². The average Bonchev–Trinajstić information content (AvgIpc) is 3.36. The molecule has 2 aliphatic heterocycles. The van der Waals surface area contributed by atoms with Crippen LogP contribution < -0.4 is 18.9 Å². The lowest BCUT2D eigenvalue weighted by Gasteiger charge is -2.35. The van der Waals surface area contributed by atoms with E-state index in [-0.39, 0.29) is 12.9 Å². The molecule has 1 N–H and O–H groups in total. The van der Waals surface area contributed by atoms with Crippen LogP contribution in [0.4, 0.5) is 0 Å². The average molecular weight is 427 g/mol. The monoisotopic (exact) mass is 426 g/mol. The number of rotatable bonds is 5. The molecule has 3 heterocycles. The highest BCUT2D eigenvalue weighted by atomic mass is 16.7. The van der Waals surface area contributed by atoms with Crippen LogP contribution in [0.2, 0.25) is 0 Å². The largest absolute Gasteiger partial charge is 0.496 e. The van der Waals surface area contributed by atoms with Gasteiger partial charge in [0.1, 0.15) is 17.6 Å². The summed E-state index contributed by atoms with van der Waals surface area (Å²) in [7, 11) is 1.71. The summed E-state index contributed by atoms with van der Waals surface area (Å²) >= 11 is 0. The Morgan fingerprint density at radius 1 is 1.13 bits per heavy atom. The zero-order valence-corrected chi connectivity index (χ0v) is 18.3. The number of nitrogens with zero attached hydrogens (tertiary/aromatic N) is 2. The smallest absolute Gasteiger partial charge is 0.231 e. The molecule has 166 valence electrons. The number of aromatic nitrogens is 1. The number of ether oxygens (including phenoxy) is 4. The minimum Gasteiger partial charge on any atom is -0.496 e. The van der Waals surface area contributed by atoms with E-state index in [1.165, 1.54) is 0 Å². The Morgan fingerprint density at radius 2 is 1.90 bits per heavy atom. The highest BCUT2D eigenvalue weighted by Crippen LogP contribution is 2.40. The number of aryl methyl sites for hydroxylation is 1. The van der Waals surface area contributed by atoms with Crippen molar-refractivity contribution in [3.63, 3.8) is 0 Å². The molecule has 1 aromatic heterocycles. The molecule has 1 saturated carbocycles. The summed E-state index contributed by atoms with van der Waals surface area (Å²) in [5.41, 5.74) is 3.24. The zero-order chi connectivity index (χ0) is 21.5. The number of aliphatic hydroxyl groups excluding tert-OH is 1. The van der Waals surface area contributed by atoms with Gasteiger partial charge in [0.05, 0.1) is 18.9 Å². The maximum Gasteiger partial charge on any atom is 0.231 e. The molecule has 0 bridgehead atoms. The SMILES string of the molecule is COc1c(C)cnc(CN2C[C@H]3C[C@@H](Oc4ccc5c(c4)OCO5)[C@H](O)C[C@H]3C2)c1C. The summed E-state index contributed by atoms with van der Waals surface area (Å²) in [5, 5.41) is 10.8. The summed E-state index contributed by atoms with van der Waals surface area (Å²) in [6.45, 7) is 7.13. The summed E-state index contributed by atoms with van der Waals surface area (Å²) in [4.78, 5) is 7.12. The molecule has 0 unspecified atom stereocenters. The molecular formula is C24H30N2O5. The summed E-state index contributed by atoms with van der Waals surface area (Å²) < 4.78 is 22.6. The fourth-order valence-electron chi connectivity index (χ4n) is 5.31. The van der Waals surface area contributed by atoms with Crippen LogP contribution in [0.5, 0.6) is 23.0 Å². The normalized spacial score (nSPS) is 27.2. The van der Waals surface area contributed by atoms with Crippen molar-refractivity contribution < 1.29 is 24.1 Å². The van der Waals surface area contributed by atoms with Gasteiger partial charge in [-0.3, -0.25) is 9.88 Å². The van der Waals surface area contributed by atoms with Gasteiger partial charge in [0.2, 0.25) is 6.79 Å². The molecule has 3 aliphatic rings. The van der Waals surface area contributed by atoms with Crippen LogP contribution in [0, 0.1) is 25.7 Å². The van der Waals surface area contributed by atoms with Crippen molar-refractivity contribution >= 4 is 0 Å². The Balaban J connectivity index is 1.24. The first kappa shape index (κ1) is 20.4. The zero-order valence-electron chi connectivity index (χ0n) is 18.3. The molecule has 31 heavy (non-hydrogen) atoms. The molecule has 7 heteroatoms. The number of hydrogen-bond donors (Lipinski definition) is 1. The van der Waals surface area contributed by atoms with Crippen LogP contribution >= 0.6 is 0 Å². The maximum atomic E-state index is 10.8. The van der Waals surface area contributed by atoms with Crippen LogP contribution in [0.3, 0.4) is 0 Å². The van der Waals surface area contributed by atoms with Gasteiger partial charge in [-0.05, 0) is 50.7 Å². The van der Waals surface area contributed by atoms with E-state index < -0.39 is 6.10 Å². The first-order valence-electron chi connectivity index (χ1n) is 11.0. The highest BCUT2D eigenvalue weighted by molar-refractivity contribution is 5.47. The lowest BCUT2D eigenvalue weighted by Crippen LogP contribution is -2.42. The Kier molecular flexibility index (Phi) is 5.40. The van der Waals surface area contributed by atoms with Gasteiger partial charge < -0.3 is 24.1 Å².